The van der Waals surface area contributed by atoms with Crippen molar-refractivity contribution in [2.45, 2.75) is 50.2 Å². The van der Waals surface area contributed by atoms with Crippen molar-refractivity contribution < 1.29 is 0 Å². The van der Waals surface area contributed by atoms with Crippen LogP contribution in [0.1, 0.15) is 32.1 Å². The van der Waals surface area contributed by atoms with E-state index in [9.17, 15) is 0 Å². The smallest absolute Gasteiger partial charge is 0.0235 e. The molecule has 0 aromatic heterocycles. The van der Waals surface area contributed by atoms with Gasteiger partial charge in [0.05, 0.1) is 0 Å². The minimum Gasteiger partial charge on any atom is -0.328 e. The fourth-order valence-corrected chi connectivity index (χ4v) is 4.12. The van der Waals surface area contributed by atoms with Crippen molar-refractivity contribution in [2.24, 2.45) is 5.73 Å². The van der Waals surface area contributed by atoms with Crippen molar-refractivity contribution in [2.75, 3.05) is 46.3 Å². The lowest BCUT2D eigenvalue weighted by molar-refractivity contribution is 0.112. The van der Waals surface area contributed by atoms with Crippen molar-refractivity contribution >= 4 is 0 Å². The molecule has 3 saturated heterocycles. The third-order valence-electron chi connectivity index (χ3n) is 5.40. The summed E-state index contributed by atoms with van der Waals surface area (Å²) in [5.74, 6) is 0. The first-order valence-electron chi connectivity index (χ1n) is 8.14. The van der Waals surface area contributed by atoms with Crippen molar-refractivity contribution in [3.05, 3.63) is 0 Å². The molecule has 4 nitrogen and oxygen atoms in total. The fraction of sp³-hybridized carbons (Fsp3) is 1.00. The van der Waals surface area contributed by atoms with Crippen molar-refractivity contribution in [3.63, 3.8) is 0 Å². The van der Waals surface area contributed by atoms with E-state index >= 15 is 0 Å². The Balaban J connectivity index is 1.49. The van der Waals surface area contributed by atoms with Gasteiger partial charge in [0, 0.05) is 37.8 Å². The zero-order chi connectivity index (χ0) is 13.2. The highest BCUT2D eigenvalue weighted by Gasteiger charge is 2.33. The lowest BCUT2D eigenvalue weighted by Gasteiger charge is -2.37. The van der Waals surface area contributed by atoms with E-state index in [0.717, 1.165) is 12.1 Å². The van der Waals surface area contributed by atoms with Gasteiger partial charge in [0.2, 0.25) is 0 Å². The SMILES string of the molecule is CN1CCCC(N2CCC(N3CCC(N)CC3)C2)C1. The molecule has 3 fully saturated rings. The molecule has 110 valence electrons. The molecule has 0 bridgehead atoms. The summed E-state index contributed by atoms with van der Waals surface area (Å²) in [6.07, 6.45) is 6.55. The van der Waals surface area contributed by atoms with Gasteiger partial charge in [-0.2, -0.15) is 0 Å². The standard InChI is InChI=1S/C15H30N4/c1-17-7-2-3-14(11-17)19-10-6-15(12-19)18-8-4-13(16)5-9-18/h13-15H,2-12,16H2,1H3. The molecule has 3 aliphatic heterocycles. The molecule has 3 heterocycles. The maximum absolute atomic E-state index is 6.01. The molecule has 0 aliphatic carbocycles. The molecule has 4 heteroatoms. The van der Waals surface area contributed by atoms with Gasteiger partial charge >= 0.3 is 0 Å². The Labute approximate surface area is 117 Å². The highest BCUT2D eigenvalue weighted by atomic mass is 15.3. The zero-order valence-electron chi connectivity index (χ0n) is 12.4. The van der Waals surface area contributed by atoms with Gasteiger partial charge in [-0.3, -0.25) is 9.80 Å². The van der Waals surface area contributed by atoms with Gasteiger partial charge in [0.15, 0.2) is 0 Å². The molecule has 3 rings (SSSR count). The van der Waals surface area contributed by atoms with Gasteiger partial charge in [0.25, 0.3) is 0 Å². The largest absolute Gasteiger partial charge is 0.328 e. The Morgan fingerprint density at radius 2 is 1.47 bits per heavy atom. The Hall–Kier alpha value is -0.160. The van der Waals surface area contributed by atoms with Crippen LogP contribution in [-0.2, 0) is 0 Å². The van der Waals surface area contributed by atoms with E-state index in [1.54, 1.807) is 0 Å². The summed E-state index contributed by atoms with van der Waals surface area (Å²) in [4.78, 5) is 7.96. The topological polar surface area (TPSA) is 35.7 Å². The maximum atomic E-state index is 6.01. The predicted molar refractivity (Wildman–Crippen MR) is 79.3 cm³/mol. The second-order valence-corrected chi connectivity index (χ2v) is 6.87. The van der Waals surface area contributed by atoms with E-state index in [-0.39, 0.29) is 0 Å². The summed E-state index contributed by atoms with van der Waals surface area (Å²) in [6.45, 7) is 7.63. The predicted octanol–water partition coefficient (Wildman–Crippen LogP) is 0.578. The molecule has 0 aromatic rings. The second-order valence-electron chi connectivity index (χ2n) is 6.87. The Morgan fingerprint density at radius 3 is 2.21 bits per heavy atom. The molecular weight excluding hydrogens is 236 g/mol. The molecule has 2 N–H and O–H groups in total. The van der Waals surface area contributed by atoms with Crippen LogP contribution in [-0.4, -0.2) is 79.1 Å². The highest BCUT2D eigenvalue weighted by molar-refractivity contribution is 4.91. The van der Waals surface area contributed by atoms with Gasteiger partial charge in [-0.25, -0.2) is 0 Å². The van der Waals surface area contributed by atoms with Crippen LogP contribution in [0.5, 0.6) is 0 Å². The summed E-state index contributed by atoms with van der Waals surface area (Å²) in [7, 11) is 2.27. The van der Waals surface area contributed by atoms with E-state index in [4.69, 9.17) is 5.73 Å². The Kier molecular flexibility index (Phi) is 4.42. The molecule has 2 unspecified atom stereocenters. The number of piperidine rings is 2. The van der Waals surface area contributed by atoms with Gasteiger partial charge in [-0.05, 0) is 58.8 Å². The first-order chi connectivity index (χ1) is 9.22. The van der Waals surface area contributed by atoms with E-state index in [1.165, 1.54) is 71.4 Å². The number of likely N-dealkylation sites (N-methyl/N-ethyl adjacent to an activating group) is 1. The van der Waals surface area contributed by atoms with Crippen LogP contribution >= 0.6 is 0 Å². The fourth-order valence-electron chi connectivity index (χ4n) is 4.12. The van der Waals surface area contributed by atoms with Crippen LogP contribution in [0, 0.1) is 0 Å². The third kappa shape index (κ3) is 3.30. The molecule has 2 atom stereocenters. The van der Waals surface area contributed by atoms with Gasteiger partial charge in [-0.1, -0.05) is 0 Å². The van der Waals surface area contributed by atoms with E-state index in [1.807, 2.05) is 0 Å². The van der Waals surface area contributed by atoms with Gasteiger partial charge in [-0.15, -0.1) is 0 Å². The average Bonchev–Trinajstić information content (AvgIpc) is 2.89. The molecule has 0 spiro atoms. The first kappa shape index (κ1) is 13.8. The number of nitrogens with two attached hydrogens (primary N) is 1. The quantitative estimate of drug-likeness (QED) is 0.793. The van der Waals surface area contributed by atoms with Crippen molar-refractivity contribution in [1.82, 2.24) is 14.7 Å². The van der Waals surface area contributed by atoms with Crippen molar-refractivity contribution in [1.29, 1.82) is 0 Å². The van der Waals surface area contributed by atoms with Crippen LogP contribution in [0.3, 0.4) is 0 Å². The zero-order valence-corrected chi connectivity index (χ0v) is 12.4. The molecule has 0 aromatic carbocycles. The lowest BCUT2D eigenvalue weighted by atomic mass is 10.0. The summed E-state index contributed by atoms with van der Waals surface area (Å²) < 4.78 is 0. The molecule has 19 heavy (non-hydrogen) atoms. The monoisotopic (exact) mass is 266 g/mol. The molecule has 0 amide bonds. The molecule has 0 radical (unpaired) electrons. The lowest BCUT2D eigenvalue weighted by Crippen LogP contribution is -2.49. The third-order valence-corrected chi connectivity index (χ3v) is 5.40. The maximum Gasteiger partial charge on any atom is 0.0235 e. The van der Waals surface area contributed by atoms with Gasteiger partial charge < -0.3 is 10.6 Å². The summed E-state index contributed by atoms with van der Waals surface area (Å²) in [6, 6.07) is 2.08. The Bertz CT molecular complexity index is 288. The first-order valence-corrected chi connectivity index (χ1v) is 8.14. The molecule has 3 aliphatic rings. The minimum absolute atomic E-state index is 0.459. The second kappa shape index (κ2) is 6.08. The van der Waals surface area contributed by atoms with Crippen LogP contribution in [0.2, 0.25) is 0 Å². The number of hydrogen-bond donors (Lipinski definition) is 1. The van der Waals surface area contributed by atoms with E-state index in [0.29, 0.717) is 6.04 Å². The van der Waals surface area contributed by atoms with Crippen LogP contribution in [0.25, 0.3) is 0 Å². The minimum atomic E-state index is 0.459. The van der Waals surface area contributed by atoms with Crippen LogP contribution in [0.4, 0.5) is 0 Å². The van der Waals surface area contributed by atoms with Gasteiger partial charge in [0.1, 0.15) is 0 Å². The van der Waals surface area contributed by atoms with Crippen molar-refractivity contribution in [3.8, 4) is 0 Å². The number of rotatable bonds is 2. The summed E-state index contributed by atoms with van der Waals surface area (Å²) in [5.41, 5.74) is 6.01. The highest BCUT2D eigenvalue weighted by Crippen LogP contribution is 2.24. The average molecular weight is 266 g/mol. The summed E-state index contributed by atoms with van der Waals surface area (Å²) in [5, 5.41) is 0. The van der Waals surface area contributed by atoms with Crippen LogP contribution in [0.15, 0.2) is 0 Å². The number of hydrogen-bond acceptors (Lipinski definition) is 4. The van der Waals surface area contributed by atoms with Crippen LogP contribution < -0.4 is 5.73 Å². The summed E-state index contributed by atoms with van der Waals surface area (Å²) >= 11 is 0. The molecular formula is C15H30N4. The normalized spacial score (nSPS) is 36.9. The van der Waals surface area contributed by atoms with E-state index < -0.39 is 0 Å². The number of nitrogens with zero attached hydrogens (tertiary/aromatic N) is 3. The number of likely N-dealkylation sites (tertiary alicyclic amines) is 3. The molecule has 0 saturated carbocycles. The Morgan fingerprint density at radius 1 is 0.789 bits per heavy atom. The van der Waals surface area contributed by atoms with E-state index in [2.05, 4.69) is 21.7 Å².